The number of thiocarbonyl (C=S) groups is 1. The van der Waals surface area contributed by atoms with Gasteiger partial charge in [-0.3, -0.25) is 0 Å². The fourth-order valence-corrected chi connectivity index (χ4v) is 2.19. The predicted octanol–water partition coefficient (Wildman–Crippen LogP) is -0.383. The minimum absolute atomic E-state index is 0.0216. The van der Waals surface area contributed by atoms with Crippen molar-refractivity contribution < 1.29 is 13.2 Å². The molecule has 0 saturated heterocycles. The van der Waals surface area contributed by atoms with Crippen LogP contribution in [0.5, 0.6) is 0 Å². The maximum absolute atomic E-state index is 11.3. The molecule has 14 heavy (non-hydrogen) atoms. The van der Waals surface area contributed by atoms with Crippen molar-refractivity contribution in [3.63, 3.8) is 0 Å². The summed E-state index contributed by atoms with van der Waals surface area (Å²) in [7, 11) is -1.77. The summed E-state index contributed by atoms with van der Waals surface area (Å²) >= 11 is 4.65. The molecule has 0 aromatic heterocycles. The summed E-state index contributed by atoms with van der Waals surface area (Å²) in [6.07, 6.45) is 0.454. The van der Waals surface area contributed by atoms with Crippen LogP contribution >= 0.6 is 12.2 Å². The number of hydrogen-bond donors (Lipinski definition) is 2. The highest BCUT2D eigenvalue weighted by Gasteiger charge is 2.15. The van der Waals surface area contributed by atoms with Crippen LogP contribution in [0.25, 0.3) is 0 Å². The number of sulfonamides is 1. The first-order chi connectivity index (χ1) is 6.39. The molecule has 7 heteroatoms. The van der Waals surface area contributed by atoms with Gasteiger partial charge in [-0.2, -0.15) is 0 Å². The average molecular weight is 240 g/mol. The minimum atomic E-state index is -3.30. The van der Waals surface area contributed by atoms with Crippen molar-refractivity contribution in [2.24, 2.45) is 5.73 Å². The molecule has 0 fully saturated rings. The fraction of sp³-hybridized carbons (Fsp3) is 0.857. The molecule has 0 radical (unpaired) electrons. The predicted molar refractivity (Wildman–Crippen MR) is 59.7 cm³/mol. The van der Waals surface area contributed by atoms with Gasteiger partial charge in [0.05, 0.1) is 16.8 Å². The second kappa shape index (κ2) is 6.28. The van der Waals surface area contributed by atoms with Crippen LogP contribution < -0.4 is 10.5 Å². The first-order valence-corrected chi connectivity index (χ1v) is 6.23. The van der Waals surface area contributed by atoms with Crippen LogP contribution in [0.3, 0.4) is 0 Å². The third-order valence-corrected chi connectivity index (χ3v) is 3.44. The molecule has 0 aromatic carbocycles. The van der Waals surface area contributed by atoms with Crippen LogP contribution in [0.4, 0.5) is 0 Å². The van der Waals surface area contributed by atoms with Crippen LogP contribution in [-0.4, -0.2) is 38.9 Å². The second-order valence-corrected chi connectivity index (χ2v) is 5.25. The zero-order valence-corrected chi connectivity index (χ0v) is 9.95. The van der Waals surface area contributed by atoms with Crippen LogP contribution in [0.2, 0.25) is 0 Å². The van der Waals surface area contributed by atoms with Crippen molar-refractivity contribution >= 4 is 27.2 Å². The summed E-state index contributed by atoms with van der Waals surface area (Å²) < 4.78 is 29.8. The normalized spacial score (nSPS) is 13.9. The van der Waals surface area contributed by atoms with Crippen molar-refractivity contribution in [3.05, 3.63) is 0 Å². The van der Waals surface area contributed by atoms with E-state index >= 15 is 0 Å². The third-order valence-electron chi connectivity index (χ3n) is 1.54. The smallest absolute Gasteiger partial charge is 0.212 e. The molecule has 0 rings (SSSR count). The van der Waals surface area contributed by atoms with Crippen LogP contribution in [-0.2, 0) is 14.8 Å². The number of nitrogens with two attached hydrogens (primary N) is 1. The maximum atomic E-state index is 11.3. The summed E-state index contributed by atoms with van der Waals surface area (Å²) in [5.74, 6) is 0.0216. The molecule has 1 atom stereocenters. The molecule has 84 valence electrons. The van der Waals surface area contributed by atoms with Gasteiger partial charge >= 0.3 is 0 Å². The van der Waals surface area contributed by atoms with E-state index in [1.54, 1.807) is 6.92 Å². The van der Waals surface area contributed by atoms with E-state index in [2.05, 4.69) is 16.9 Å². The quantitative estimate of drug-likeness (QED) is 0.468. The Labute approximate surface area is 90.1 Å². The Bertz CT molecular complexity index is 277. The summed E-state index contributed by atoms with van der Waals surface area (Å²) in [5.41, 5.74) is 5.28. The third kappa shape index (κ3) is 6.25. The van der Waals surface area contributed by atoms with Gasteiger partial charge in [-0.05, 0) is 13.3 Å². The van der Waals surface area contributed by atoms with Gasteiger partial charge in [-0.25, -0.2) is 13.1 Å². The Morgan fingerprint density at radius 1 is 1.64 bits per heavy atom. The van der Waals surface area contributed by atoms with Gasteiger partial charge < -0.3 is 10.5 Å². The maximum Gasteiger partial charge on any atom is 0.212 e. The van der Waals surface area contributed by atoms with E-state index in [0.29, 0.717) is 13.0 Å². The molecule has 0 saturated carbocycles. The molecule has 5 nitrogen and oxygen atoms in total. The van der Waals surface area contributed by atoms with E-state index in [9.17, 15) is 8.42 Å². The van der Waals surface area contributed by atoms with E-state index in [4.69, 9.17) is 10.5 Å². The van der Waals surface area contributed by atoms with Crippen LogP contribution in [0.15, 0.2) is 0 Å². The number of rotatable bonds is 7. The van der Waals surface area contributed by atoms with Crippen molar-refractivity contribution in [1.82, 2.24) is 4.72 Å². The Morgan fingerprint density at radius 3 is 2.64 bits per heavy atom. The summed E-state index contributed by atoms with van der Waals surface area (Å²) in [5, 5.41) is 0. The fourth-order valence-electron chi connectivity index (χ4n) is 0.780. The zero-order valence-electron chi connectivity index (χ0n) is 8.32. The van der Waals surface area contributed by atoms with E-state index in [1.807, 2.05) is 0 Å². The molecule has 0 aliphatic heterocycles. The Balaban J connectivity index is 4.01. The van der Waals surface area contributed by atoms with Crippen molar-refractivity contribution in [2.45, 2.75) is 19.4 Å². The van der Waals surface area contributed by atoms with Crippen LogP contribution in [0, 0.1) is 0 Å². The molecular weight excluding hydrogens is 224 g/mol. The second-order valence-electron chi connectivity index (χ2n) is 2.91. The molecule has 0 spiro atoms. The summed E-state index contributed by atoms with van der Waals surface area (Å²) in [6, 6.07) is -0.502. The van der Waals surface area contributed by atoms with Gasteiger partial charge in [0.25, 0.3) is 0 Å². The van der Waals surface area contributed by atoms with E-state index < -0.39 is 16.1 Å². The van der Waals surface area contributed by atoms with Gasteiger partial charge in [0.2, 0.25) is 10.0 Å². The highest BCUT2D eigenvalue weighted by atomic mass is 32.2. The number of hydrogen-bond acceptors (Lipinski definition) is 4. The molecule has 0 aliphatic carbocycles. The van der Waals surface area contributed by atoms with Crippen LogP contribution in [0.1, 0.15) is 13.3 Å². The summed E-state index contributed by atoms with van der Waals surface area (Å²) in [4.78, 5) is 0.139. The van der Waals surface area contributed by atoms with Gasteiger partial charge in [0, 0.05) is 13.7 Å². The Kier molecular flexibility index (Phi) is 6.17. The topological polar surface area (TPSA) is 81.4 Å². The van der Waals surface area contributed by atoms with Crippen molar-refractivity contribution in [3.8, 4) is 0 Å². The molecule has 0 bridgehead atoms. The molecule has 0 heterocycles. The number of ether oxygens (including phenoxy) is 1. The number of nitrogens with one attached hydrogen (secondary N) is 1. The van der Waals surface area contributed by atoms with Gasteiger partial charge in [-0.1, -0.05) is 12.2 Å². The van der Waals surface area contributed by atoms with Gasteiger partial charge in [-0.15, -0.1) is 0 Å². The minimum Gasteiger partial charge on any atom is -0.392 e. The molecule has 3 N–H and O–H groups in total. The van der Waals surface area contributed by atoms with E-state index in [1.165, 1.54) is 7.11 Å². The SMILES string of the molecule is COCCCS(=O)(=O)NC(C)C(N)=S. The van der Waals surface area contributed by atoms with Crippen molar-refractivity contribution in [2.75, 3.05) is 19.5 Å². The largest absolute Gasteiger partial charge is 0.392 e. The first kappa shape index (κ1) is 13.8. The number of methoxy groups -OCH3 is 1. The van der Waals surface area contributed by atoms with E-state index in [-0.39, 0.29) is 10.7 Å². The Hall–Kier alpha value is -0.240. The zero-order chi connectivity index (χ0) is 11.2. The molecule has 0 aliphatic rings. The molecule has 0 aromatic rings. The first-order valence-electron chi connectivity index (χ1n) is 4.17. The highest BCUT2D eigenvalue weighted by molar-refractivity contribution is 7.89. The summed E-state index contributed by atoms with van der Waals surface area (Å²) in [6.45, 7) is 2.03. The average Bonchev–Trinajstić information content (AvgIpc) is 2.03. The monoisotopic (exact) mass is 240 g/mol. The highest BCUT2D eigenvalue weighted by Crippen LogP contribution is 1.93. The van der Waals surface area contributed by atoms with E-state index in [0.717, 1.165) is 0 Å². The lowest BCUT2D eigenvalue weighted by molar-refractivity contribution is 0.199. The molecule has 0 amide bonds. The lowest BCUT2D eigenvalue weighted by Gasteiger charge is -2.12. The molecule has 1 unspecified atom stereocenters. The molecular formula is C7H16N2O3S2. The Morgan fingerprint density at radius 2 is 2.21 bits per heavy atom. The lowest BCUT2D eigenvalue weighted by atomic mass is 10.4. The van der Waals surface area contributed by atoms with Gasteiger partial charge in [0.1, 0.15) is 0 Å². The van der Waals surface area contributed by atoms with Crippen molar-refractivity contribution in [1.29, 1.82) is 0 Å². The lowest BCUT2D eigenvalue weighted by Crippen LogP contribution is -2.42. The van der Waals surface area contributed by atoms with Gasteiger partial charge in [0.15, 0.2) is 0 Å². The standard InChI is InChI=1S/C7H16N2O3S2/c1-6(7(8)13)9-14(10,11)5-3-4-12-2/h6,9H,3-5H2,1-2H3,(H2,8,13).